The molecule has 2 amide bonds. The Morgan fingerprint density at radius 1 is 0.920 bits per heavy atom. The number of carbonyl (C=O) groups is 2. The van der Waals surface area contributed by atoms with Crippen LogP contribution in [0.25, 0.3) is 27.7 Å². The minimum Gasteiger partial charge on any atom is -0.497 e. The second-order valence-corrected chi connectivity index (χ2v) is 16.6. The molecule has 1 N–H and O–H groups in total. The predicted molar refractivity (Wildman–Crippen MR) is 199 cm³/mol. The summed E-state index contributed by atoms with van der Waals surface area (Å²) in [5.41, 5.74) is 8.41. The van der Waals surface area contributed by atoms with Gasteiger partial charge in [0.05, 0.1) is 12.8 Å². The highest BCUT2D eigenvalue weighted by Crippen LogP contribution is 2.61. The first-order chi connectivity index (χ1) is 24.5. The van der Waals surface area contributed by atoms with Crippen molar-refractivity contribution in [3.8, 4) is 17.0 Å². The summed E-state index contributed by atoms with van der Waals surface area (Å²) < 4.78 is 11.3. The zero-order valence-electron chi connectivity index (χ0n) is 28.7. The molecule has 1 aromatic heterocycles. The van der Waals surface area contributed by atoms with Crippen LogP contribution < -0.4 is 9.46 Å². The first-order valence-electron chi connectivity index (χ1n) is 18.6. The zero-order chi connectivity index (χ0) is 33.6. The van der Waals surface area contributed by atoms with E-state index in [2.05, 4.69) is 85.8 Å². The number of ether oxygens (including phenoxy) is 1. The topological polar surface area (TPSA) is 66.8 Å². The average molecular weight is 685 g/mol. The highest BCUT2D eigenvalue weighted by atomic mass is 32.2. The molecule has 4 aliphatic heterocycles. The number of aromatic nitrogens is 1. The number of benzene rings is 3. The first-order valence-corrected chi connectivity index (χ1v) is 19.5. The Kier molecular flexibility index (Phi) is 7.25. The fraction of sp³-hybridized carbons (Fsp3) is 0.429. The van der Waals surface area contributed by atoms with Crippen molar-refractivity contribution in [3.05, 3.63) is 95.1 Å². The number of piperidine rings is 1. The van der Waals surface area contributed by atoms with Gasteiger partial charge in [-0.1, -0.05) is 61.7 Å². The number of amides is 2. The number of piperazine rings is 1. The van der Waals surface area contributed by atoms with E-state index in [0.717, 1.165) is 48.5 Å². The van der Waals surface area contributed by atoms with Crippen molar-refractivity contribution in [3.63, 3.8) is 0 Å². The van der Waals surface area contributed by atoms with Gasteiger partial charge in [-0.3, -0.25) is 19.2 Å². The lowest BCUT2D eigenvalue weighted by Crippen LogP contribution is -2.71. The molecule has 8 heteroatoms. The van der Waals surface area contributed by atoms with Gasteiger partial charge in [0.25, 0.3) is 5.91 Å². The van der Waals surface area contributed by atoms with Gasteiger partial charge in [-0.15, -0.1) is 0 Å². The second kappa shape index (κ2) is 11.8. The van der Waals surface area contributed by atoms with Crippen molar-refractivity contribution in [1.29, 1.82) is 0 Å². The summed E-state index contributed by atoms with van der Waals surface area (Å²) in [6, 6.07) is 23.9. The van der Waals surface area contributed by atoms with Crippen LogP contribution in [0.15, 0.2) is 72.8 Å². The van der Waals surface area contributed by atoms with Crippen LogP contribution in [0.1, 0.15) is 84.3 Å². The molecular weight excluding hydrogens is 641 g/mol. The van der Waals surface area contributed by atoms with E-state index in [1.54, 1.807) is 19.1 Å². The number of hydrogen-bond acceptors (Lipinski definition) is 5. The molecule has 3 atom stereocenters. The summed E-state index contributed by atoms with van der Waals surface area (Å²) in [4.78, 5) is 33.3. The Morgan fingerprint density at radius 2 is 1.72 bits per heavy atom. The van der Waals surface area contributed by atoms with E-state index in [1.165, 1.54) is 72.7 Å². The lowest BCUT2D eigenvalue weighted by molar-refractivity contribution is -0.159. The van der Waals surface area contributed by atoms with Gasteiger partial charge in [-0.05, 0) is 103 Å². The van der Waals surface area contributed by atoms with Crippen LogP contribution in [0.5, 0.6) is 5.75 Å². The zero-order valence-corrected chi connectivity index (χ0v) is 29.5. The number of nitrogens with zero attached hydrogens (tertiary/aromatic N) is 3. The lowest BCUT2D eigenvalue weighted by Gasteiger charge is -2.57. The second-order valence-electron chi connectivity index (χ2n) is 15.5. The van der Waals surface area contributed by atoms with E-state index in [-0.39, 0.29) is 23.9 Å². The third-order valence-electron chi connectivity index (χ3n) is 12.3. The van der Waals surface area contributed by atoms with Crippen LogP contribution in [-0.4, -0.2) is 63.7 Å². The molecule has 7 nitrogen and oxygen atoms in total. The van der Waals surface area contributed by atoms with Crippen LogP contribution >= 0.6 is 11.9 Å². The Balaban J connectivity index is 1.06. The molecule has 11 rings (SSSR count). The quantitative estimate of drug-likeness (QED) is 0.192. The van der Waals surface area contributed by atoms with E-state index in [4.69, 9.17) is 4.74 Å². The van der Waals surface area contributed by atoms with Crippen molar-refractivity contribution >= 4 is 40.2 Å². The van der Waals surface area contributed by atoms with Crippen molar-refractivity contribution in [1.82, 2.24) is 19.1 Å². The molecule has 3 aliphatic carbocycles. The van der Waals surface area contributed by atoms with Crippen molar-refractivity contribution in [2.75, 3.05) is 20.2 Å². The van der Waals surface area contributed by atoms with Gasteiger partial charge in [0.2, 0.25) is 5.91 Å². The number of carbonyl (C=O) groups excluding carboxylic acids is 2. The van der Waals surface area contributed by atoms with E-state index in [9.17, 15) is 4.79 Å². The van der Waals surface area contributed by atoms with E-state index < -0.39 is 5.41 Å². The number of hydrogen-bond donors (Lipinski definition) is 1. The highest BCUT2D eigenvalue weighted by Gasteiger charge is 2.60. The van der Waals surface area contributed by atoms with Crippen LogP contribution in [0.2, 0.25) is 0 Å². The van der Waals surface area contributed by atoms with Gasteiger partial charge >= 0.3 is 0 Å². The molecule has 4 aromatic rings. The normalized spacial score (nSPS) is 25.5. The van der Waals surface area contributed by atoms with Crippen molar-refractivity contribution < 1.29 is 14.3 Å². The number of methoxy groups -OCH3 is 1. The average Bonchev–Trinajstić information content (AvgIpc) is 4.08. The van der Waals surface area contributed by atoms with Gasteiger partial charge in [0.15, 0.2) is 0 Å². The molecule has 0 radical (unpaired) electrons. The van der Waals surface area contributed by atoms with Crippen LogP contribution in [-0.2, 0) is 17.9 Å². The van der Waals surface area contributed by atoms with Crippen LogP contribution in [0, 0.1) is 5.41 Å². The van der Waals surface area contributed by atoms with Gasteiger partial charge in [0, 0.05) is 65.5 Å². The summed E-state index contributed by atoms with van der Waals surface area (Å²) in [5, 5.41) is 1.76. The fourth-order valence-corrected chi connectivity index (χ4v) is 10.4. The fourth-order valence-electron chi connectivity index (χ4n) is 9.62. The molecular formula is C42H44N4O3S. The van der Waals surface area contributed by atoms with Gasteiger partial charge in [-0.2, -0.15) is 0 Å². The minimum atomic E-state index is -0.708. The molecule has 50 heavy (non-hydrogen) atoms. The maximum atomic E-state index is 15.1. The number of rotatable bonds is 8. The van der Waals surface area contributed by atoms with E-state index in [1.807, 2.05) is 6.07 Å². The monoisotopic (exact) mass is 684 g/mol. The Hall–Kier alpha value is -4.01. The Morgan fingerprint density at radius 3 is 2.48 bits per heavy atom. The summed E-state index contributed by atoms with van der Waals surface area (Å²) in [6.07, 6.45) is 11.7. The van der Waals surface area contributed by atoms with Crippen LogP contribution in [0.3, 0.4) is 0 Å². The Labute approximate surface area is 298 Å². The maximum absolute atomic E-state index is 15.1. The third kappa shape index (κ3) is 4.96. The standard InChI is InChI=1S/C42H44N4O3S/c1-49-31-13-17-33-35(20-31)36-21-42(36,41(48)46-29-19-30(46)24-44(23-29)22-26-8-4-2-5-9-26)25-45-37-18-28(40(47)43-50-32-14-15-32)12-16-34(37)38(39(33)45)27-10-6-3-7-11-27/h2,4-5,8-9,12-13,16-18,20-21,27,29-30,32H,3,6-7,10-11,14-15,19,22-25H2,1H3,(H,43,47). The smallest absolute Gasteiger partial charge is 0.261 e. The number of nitrogens with one attached hydrogen (secondary N) is 1. The first kappa shape index (κ1) is 30.8. The number of fused-ring (bicyclic) bond motifs is 9. The van der Waals surface area contributed by atoms with E-state index in [0.29, 0.717) is 23.3 Å². The molecule has 3 unspecified atom stereocenters. The predicted octanol–water partition coefficient (Wildman–Crippen LogP) is 7.79. The molecule has 256 valence electrons. The molecule has 0 spiro atoms. The van der Waals surface area contributed by atoms with Crippen molar-refractivity contribution in [2.45, 2.75) is 87.7 Å². The van der Waals surface area contributed by atoms with Crippen LogP contribution in [0.4, 0.5) is 0 Å². The molecule has 5 heterocycles. The molecule has 2 saturated carbocycles. The van der Waals surface area contributed by atoms with Crippen molar-refractivity contribution in [2.24, 2.45) is 5.41 Å². The summed E-state index contributed by atoms with van der Waals surface area (Å²) >= 11 is 1.56. The van der Waals surface area contributed by atoms with Gasteiger partial charge in [0.1, 0.15) is 11.2 Å². The highest BCUT2D eigenvalue weighted by molar-refractivity contribution is 7.98. The SMILES string of the molecule is COc1ccc2c(c1)C1=CC1(C(=O)N1C3CC1CN(Cc1ccccc1)C3)Cn1c-2c(C2CCCCC2)c2ccc(C(=O)NSC3CC3)cc21. The molecule has 3 aromatic carbocycles. The van der Waals surface area contributed by atoms with Gasteiger partial charge < -0.3 is 14.2 Å². The largest absolute Gasteiger partial charge is 0.497 e. The summed E-state index contributed by atoms with van der Waals surface area (Å²) in [7, 11) is 1.72. The minimum absolute atomic E-state index is 0.0400. The molecule has 5 fully saturated rings. The molecule has 3 saturated heterocycles. The summed E-state index contributed by atoms with van der Waals surface area (Å²) in [5.74, 6) is 1.46. The molecule has 7 aliphatic rings. The van der Waals surface area contributed by atoms with Gasteiger partial charge in [-0.25, -0.2) is 0 Å². The molecule has 2 bridgehead atoms. The maximum Gasteiger partial charge on any atom is 0.261 e. The summed E-state index contributed by atoms with van der Waals surface area (Å²) in [6.45, 7) is 3.30. The van der Waals surface area contributed by atoms with E-state index >= 15 is 4.79 Å². The third-order valence-corrected chi connectivity index (χ3v) is 13.4. The Bertz CT molecular complexity index is 2050. The lowest BCUT2D eigenvalue weighted by atomic mass is 9.81.